The van der Waals surface area contributed by atoms with Crippen LogP contribution in [-0.2, 0) is 19.6 Å². The van der Waals surface area contributed by atoms with Gasteiger partial charge in [0, 0.05) is 18.4 Å². The van der Waals surface area contributed by atoms with Crippen LogP contribution in [-0.4, -0.2) is 36.6 Å². The number of hydrogen-bond acceptors (Lipinski definition) is 4. The van der Waals surface area contributed by atoms with Gasteiger partial charge in [-0.25, -0.2) is 8.42 Å². The van der Waals surface area contributed by atoms with Gasteiger partial charge in [0.1, 0.15) is 6.04 Å². The molecule has 2 fully saturated rings. The molecule has 2 aliphatic carbocycles. The van der Waals surface area contributed by atoms with E-state index >= 15 is 0 Å². The average Bonchev–Trinajstić information content (AvgIpc) is 2.81. The molecule has 2 unspecified atom stereocenters. The summed E-state index contributed by atoms with van der Waals surface area (Å²) < 4.78 is 27.5. The first-order valence-electron chi connectivity index (χ1n) is 12.2. The molecule has 0 spiro atoms. The van der Waals surface area contributed by atoms with Gasteiger partial charge in [0.25, 0.3) is 10.0 Å². The summed E-state index contributed by atoms with van der Waals surface area (Å²) in [6.45, 7) is 1.88. The number of rotatable bonds is 6. The zero-order valence-electron chi connectivity index (χ0n) is 19.3. The van der Waals surface area contributed by atoms with Crippen LogP contribution in [0.3, 0.4) is 0 Å². The average molecular weight is 474 g/mol. The summed E-state index contributed by atoms with van der Waals surface area (Å²) in [5.41, 5.74) is 0.941. The second-order valence-electron chi connectivity index (χ2n) is 9.71. The van der Waals surface area contributed by atoms with Gasteiger partial charge in [-0.1, -0.05) is 62.6 Å². The van der Waals surface area contributed by atoms with Gasteiger partial charge in [0.2, 0.25) is 11.8 Å². The molecular weight excluding hydrogens is 438 g/mol. The number of amides is 2. The Balaban J connectivity index is 1.47. The van der Waals surface area contributed by atoms with E-state index in [-0.39, 0.29) is 23.3 Å². The van der Waals surface area contributed by atoms with E-state index in [0.29, 0.717) is 11.8 Å². The number of benzene rings is 1. The summed E-state index contributed by atoms with van der Waals surface area (Å²) in [6, 6.07) is 5.49. The van der Waals surface area contributed by atoms with Crippen molar-refractivity contribution in [3.05, 3.63) is 42.2 Å². The highest BCUT2D eigenvalue weighted by atomic mass is 32.2. The molecule has 3 atom stereocenters. The molecule has 33 heavy (non-hydrogen) atoms. The maximum absolute atomic E-state index is 13.2. The number of aryl methyl sites for hydroxylation is 1. The highest BCUT2D eigenvalue weighted by Gasteiger charge is 2.38. The highest BCUT2D eigenvalue weighted by Crippen LogP contribution is 2.38. The predicted octanol–water partition coefficient (Wildman–Crippen LogP) is 3.60. The van der Waals surface area contributed by atoms with Gasteiger partial charge in [-0.3, -0.25) is 13.9 Å². The lowest BCUT2D eigenvalue weighted by molar-refractivity contribution is -0.130. The minimum atomic E-state index is -3.96. The van der Waals surface area contributed by atoms with Crippen LogP contribution in [0.4, 0.5) is 0 Å². The molecule has 0 aromatic heterocycles. The third-order valence-electron chi connectivity index (χ3n) is 7.45. The highest BCUT2D eigenvalue weighted by molar-refractivity contribution is 7.89. The zero-order valence-corrected chi connectivity index (χ0v) is 20.1. The van der Waals surface area contributed by atoms with Crippen molar-refractivity contribution in [1.29, 1.82) is 0 Å². The van der Waals surface area contributed by atoms with Crippen molar-refractivity contribution in [2.75, 3.05) is 0 Å². The first-order chi connectivity index (χ1) is 15.9. The van der Waals surface area contributed by atoms with Gasteiger partial charge >= 0.3 is 0 Å². The predicted molar refractivity (Wildman–Crippen MR) is 126 cm³/mol. The first-order valence-corrected chi connectivity index (χ1v) is 13.7. The van der Waals surface area contributed by atoms with Crippen molar-refractivity contribution in [1.82, 2.24) is 14.9 Å². The summed E-state index contributed by atoms with van der Waals surface area (Å²) in [7, 11) is -3.96. The van der Waals surface area contributed by atoms with Crippen molar-refractivity contribution in [2.24, 2.45) is 11.8 Å². The van der Waals surface area contributed by atoms with Gasteiger partial charge in [-0.05, 0) is 43.7 Å². The fourth-order valence-corrected chi connectivity index (χ4v) is 7.13. The van der Waals surface area contributed by atoms with Crippen LogP contribution in [0.5, 0.6) is 0 Å². The van der Waals surface area contributed by atoms with E-state index < -0.39 is 22.0 Å². The summed E-state index contributed by atoms with van der Waals surface area (Å²) in [5.74, 6) is 0.386. The maximum Gasteiger partial charge on any atom is 0.264 e. The molecule has 2 N–H and O–H groups in total. The van der Waals surface area contributed by atoms with E-state index in [2.05, 4.69) is 10.6 Å². The van der Waals surface area contributed by atoms with E-state index in [9.17, 15) is 18.0 Å². The van der Waals surface area contributed by atoms with Gasteiger partial charge < -0.3 is 10.6 Å². The Morgan fingerprint density at radius 3 is 2.42 bits per heavy atom. The number of carbonyl (C=O) groups excluding carboxylic acids is 2. The van der Waals surface area contributed by atoms with E-state index in [0.717, 1.165) is 29.1 Å². The minimum absolute atomic E-state index is 0.0995. The molecule has 8 heteroatoms. The molecule has 1 heterocycles. The number of carbonyl (C=O) groups is 2. The Morgan fingerprint density at radius 2 is 1.70 bits per heavy atom. The smallest absolute Gasteiger partial charge is 0.264 e. The monoisotopic (exact) mass is 473 g/mol. The summed E-state index contributed by atoms with van der Waals surface area (Å²) in [6.07, 6.45) is 13.1. The third-order valence-corrected chi connectivity index (χ3v) is 9.25. The Hall–Kier alpha value is -2.35. The van der Waals surface area contributed by atoms with Gasteiger partial charge in [-0.2, -0.15) is 0 Å². The SMILES string of the molecule is Cc1ccc(S(=O)(=O)N2C=CNC(=O)[C@H]2CC(=O)NC2CCCCC2C2CCCCC2)cc1. The quantitative estimate of drug-likeness (QED) is 0.660. The fraction of sp³-hybridized carbons (Fsp3) is 0.600. The standard InChI is InChI=1S/C25H35N3O4S/c1-18-11-13-20(14-12-18)33(31,32)28-16-15-26-25(30)23(28)17-24(29)27-22-10-6-5-9-21(22)19-7-3-2-4-8-19/h11-16,19,21-23H,2-10,17H2,1H3,(H,26,30)(H,27,29)/t21?,22?,23-/m1/s1. The molecule has 0 radical (unpaired) electrons. The molecule has 2 amide bonds. The summed E-state index contributed by atoms with van der Waals surface area (Å²) >= 11 is 0. The molecule has 1 aliphatic heterocycles. The number of nitrogens with one attached hydrogen (secondary N) is 2. The molecule has 180 valence electrons. The largest absolute Gasteiger partial charge is 0.353 e. The Labute approximate surface area is 197 Å². The van der Waals surface area contributed by atoms with Crippen LogP contribution in [0.2, 0.25) is 0 Å². The lowest BCUT2D eigenvalue weighted by atomic mass is 9.71. The van der Waals surface area contributed by atoms with Crippen LogP contribution >= 0.6 is 0 Å². The van der Waals surface area contributed by atoms with E-state index in [4.69, 9.17) is 0 Å². The molecule has 4 rings (SSSR count). The van der Waals surface area contributed by atoms with Gasteiger partial charge in [-0.15, -0.1) is 0 Å². The summed E-state index contributed by atoms with van der Waals surface area (Å²) in [4.78, 5) is 25.8. The van der Waals surface area contributed by atoms with Crippen molar-refractivity contribution in [3.63, 3.8) is 0 Å². The Kier molecular flexibility index (Phi) is 7.41. The second-order valence-corrected chi connectivity index (χ2v) is 11.6. The zero-order chi connectivity index (χ0) is 23.4. The second kappa shape index (κ2) is 10.3. The molecule has 2 saturated carbocycles. The molecule has 1 aromatic carbocycles. The van der Waals surface area contributed by atoms with Crippen molar-refractivity contribution < 1.29 is 18.0 Å². The Morgan fingerprint density at radius 1 is 1.03 bits per heavy atom. The van der Waals surface area contributed by atoms with Crippen LogP contribution in [0.25, 0.3) is 0 Å². The molecule has 0 bridgehead atoms. The number of hydrogen-bond donors (Lipinski definition) is 2. The van der Waals surface area contributed by atoms with Crippen molar-refractivity contribution in [3.8, 4) is 0 Å². The van der Waals surface area contributed by atoms with Crippen LogP contribution in [0, 0.1) is 18.8 Å². The van der Waals surface area contributed by atoms with Gasteiger partial charge in [0.15, 0.2) is 0 Å². The first kappa shape index (κ1) is 23.8. The van der Waals surface area contributed by atoms with Crippen LogP contribution in [0.15, 0.2) is 41.6 Å². The van der Waals surface area contributed by atoms with Crippen molar-refractivity contribution >= 4 is 21.8 Å². The summed E-state index contributed by atoms with van der Waals surface area (Å²) in [5, 5.41) is 5.75. The topological polar surface area (TPSA) is 95.6 Å². The van der Waals surface area contributed by atoms with E-state index in [1.54, 1.807) is 12.1 Å². The third kappa shape index (κ3) is 5.42. The lowest BCUT2D eigenvalue weighted by Crippen LogP contribution is -2.52. The molecule has 1 aromatic rings. The number of nitrogens with zero attached hydrogens (tertiary/aromatic N) is 1. The fourth-order valence-electron chi connectivity index (χ4n) is 5.68. The molecule has 7 nitrogen and oxygen atoms in total. The minimum Gasteiger partial charge on any atom is -0.353 e. The van der Waals surface area contributed by atoms with E-state index in [1.165, 1.54) is 63.1 Å². The van der Waals surface area contributed by atoms with E-state index in [1.807, 2.05) is 6.92 Å². The Bertz CT molecular complexity index is 983. The lowest BCUT2D eigenvalue weighted by Gasteiger charge is -2.39. The van der Waals surface area contributed by atoms with Crippen LogP contribution in [0.1, 0.15) is 69.8 Å². The maximum atomic E-state index is 13.2. The number of sulfonamides is 1. The molecular formula is C25H35N3O4S. The molecule has 3 aliphatic rings. The normalized spacial score (nSPS) is 26.6. The van der Waals surface area contributed by atoms with Crippen molar-refractivity contribution in [2.45, 2.75) is 88.1 Å². The van der Waals surface area contributed by atoms with Crippen LogP contribution < -0.4 is 10.6 Å². The van der Waals surface area contributed by atoms with Gasteiger partial charge in [0.05, 0.1) is 11.3 Å². The molecule has 0 saturated heterocycles.